The third kappa shape index (κ3) is 13.9. The van der Waals surface area contributed by atoms with Gasteiger partial charge in [0.25, 0.3) is 10.1 Å². The van der Waals surface area contributed by atoms with Crippen LogP contribution in [0.4, 0.5) is 0 Å². The largest absolute Gasteiger partial charge is 0.392 e. The average Bonchev–Trinajstić information content (AvgIpc) is 2.24. The highest BCUT2D eigenvalue weighted by atomic mass is 32.2. The summed E-state index contributed by atoms with van der Waals surface area (Å²) in [6.45, 7) is 2.21. The average molecular weight is 280 g/mol. The maximum Gasteiger partial charge on any atom is 0.267 e. The van der Waals surface area contributed by atoms with Crippen molar-refractivity contribution >= 4 is 10.1 Å². The zero-order chi connectivity index (χ0) is 13.9. The highest BCUT2D eigenvalue weighted by molar-refractivity contribution is 7.85. The van der Waals surface area contributed by atoms with Crippen molar-refractivity contribution in [1.82, 2.24) is 0 Å². The Balaban J connectivity index is 3.25. The van der Waals surface area contributed by atoms with Crippen LogP contribution in [0.15, 0.2) is 0 Å². The number of hydrogen-bond donors (Lipinski definition) is 2. The first-order valence-corrected chi connectivity index (χ1v) is 8.70. The summed E-state index contributed by atoms with van der Waals surface area (Å²) in [5.74, 6) is -0.538. The number of aliphatic hydroxyl groups is 1. The molecule has 0 bridgehead atoms. The van der Waals surface area contributed by atoms with Crippen LogP contribution in [0.25, 0.3) is 0 Å². The van der Waals surface area contributed by atoms with Gasteiger partial charge in [-0.15, -0.1) is 0 Å². The van der Waals surface area contributed by atoms with Crippen molar-refractivity contribution in [2.24, 2.45) is 0 Å². The predicted octanol–water partition coefficient (Wildman–Crippen LogP) is 3.16. The van der Waals surface area contributed by atoms with E-state index < -0.39 is 22.0 Å². The molecule has 0 aliphatic rings. The SMILES string of the molecule is CCCCCCCCCCCC(O)CS(=O)(=O)O. The number of rotatable bonds is 12. The Hall–Kier alpha value is -0.130. The summed E-state index contributed by atoms with van der Waals surface area (Å²) in [5, 5.41) is 9.35. The molecule has 4 nitrogen and oxygen atoms in total. The molecule has 0 amide bonds. The zero-order valence-corrected chi connectivity index (χ0v) is 12.3. The molecule has 1 unspecified atom stereocenters. The maximum atomic E-state index is 10.5. The summed E-state index contributed by atoms with van der Waals surface area (Å²) in [4.78, 5) is 0. The van der Waals surface area contributed by atoms with E-state index in [1.54, 1.807) is 0 Å². The van der Waals surface area contributed by atoms with Gasteiger partial charge in [-0.25, -0.2) is 0 Å². The van der Waals surface area contributed by atoms with Gasteiger partial charge in [0.1, 0.15) is 5.75 Å². The summed E-state index contributed by atoms with van der Waals surface area (Å²) in [7, 11) is -4.03. The highest BCUT2D eigenvalue weighted by Crippen LogP contribution is 2.11. The summed E-state index contributed by atoms with van der Waals surface area (Å²) < 4.78 is 29.5. The molecule has 2 N–H and O–H groups in total. The lowest BCUT2D eigenvalue weighted by Gasteiger charge is -2.08. The molecular weight excluding hydrogens is 252 g/mol. The Morgan fingerprint density at radius 3 is 1.78 bits per heavy atom. The van der Waals surface area contributed by atoms with Crippen molar-refractivity contribution in [2.75, 3.05) is 5.75 Å². The monoisotopic (exact) mass is 280 g/mol. The Morgan fingerprint density at radius 2 is 1.33 bits per heavy atom. The van der Waals surface area contributed by atoms with Gasteiger partial charge in [-0.3, -0.25) is 4.55 Å². The molecule has 0 aliphatic heterocycles. The van der Waals surface area contributed by atoms with E-state index in [-0.39, 0.29) is 0 Å². The molecule has 18 heavy (non-hydrogen) atoms. The van der Waals surface area contributed by atoms with Gasteiger partial charge in [-0.05, 0) is 6.42 Å². The molecule has 0 saturated carbocycles. The third-order valence-electron chi connectivity index (χ3n) is 3.04. The lowest BCUT2D eigenvalue weighted by atomic mass is 10.1. The van der Waals surface area contributed by atoms with Gasteiger partial charge in [-0.2, -0.15) is 8.42 Å². The quantitative estimate of drug-likeness (QED) is 0.425. The first kappa shape index (κ1) is 17.9. The molecule has 0 aromatic rings. The van der Waals surface area contributed by atoms with Crippen molar-refractivity contribution in [2.45, 2.75) is 77.2 Å². The molecule has 0 fully saturated rings. The van der Waals surface area contributed by atoms with Crippen LogP contribution in [0.2, 0.25) is 0 Å². The zero-order valence-electron chi connectivity index (χ0n) is 11.5. The molecule has 0 rings (SSSR count). The second kappa shape index (κ2) is 10.8. The van der Waals surface area contributed by atoms with Crippen LogP contribution in [0.5, 0.6) is 0 Å². The van der Waals surface area contributed by atoms with Crippen molar-refractivity contribution in [3.05, 3.63) is 0 Å². The number of aliphatic hydroxyl groups excluding tert-OH is 1. The fraction of sp³-hybridized carbons (Fsp3) is 1.00. The number of hydrogen-bond acceptors (Lipinski definition) is 3. The molecular formula is C13H28O4S. The molecule has 0 aromatic heterocycles. The second-order valence-electron chi connectivity index (χ2n) is 5.02. The van der Waals surface area contributed by atoms with Gasteiger partial charge < -0.3 is 5.11 Å². The fourth-order valence-electron chi connectivity index (χ4n) is 2.02. The predicted molar refractivity (Wildman–Crippen MR) is 74.3 cm³/mol. The standard InChI is InChI=1S/C13H28O4S/c1-2-3-4-5-6-7-8-9-10-11-13(14)12-18(15,16)17/h13-14H,2-12H2,1H3,(H,15,16,17). The topological polar surface area (TPSA) is 74.6 Å². The Morgan fingerprint density at radius 1 is 0.889 bits per heavy atom. The first-order valence-electron chi connectivity index (χ1n) is 7.09. The fourth-order valence-corrected chi connectivity index (χ4v) is 2.67. The lowest BCUT2D eigenvalue weighted by molar-refractivity contribution is 0.180. The normalized spacial score (nSPS) is 13.7. The summed E-state index contributed by atoms with van der Waals surface area (Å²) in [6.07, 6.45) is 10.2. The lowest BCUT2D eigenvalue weighted by Crippen LogP contribution is -2.19. The van der Waals surface area contributed by atoms with E-state index in [1.165, 1.54) is 38.5 Å². The van der Waals surface area contributed by atoms with Crippen LogP contribution in [0.1, 0.15) is 71.1 Å². The number of unbranched alkanes of at least 4 members (excludes halogenated alkanes) is 8. The van der Waals surface area contributed by atoms with Crippen molar-refractivity contribution in [3.63, 3.8) is 0 Å². The Bertz CT molecular complexity index is 275. The van der Waals surface area contributed by atoms with Crippen LogP contribution in [-0.2, 0) is 10.1 Å². The summed E-state index contributed by atoms with van der Waals surface area (Å²) >= 11 is 0. The Labute approximate surface area is 112 Å². The summed E-state index contributed by atoms with van der Waals surface area (Å²) in [5.41, 5.74) is 0. The van der Waals surface area contributed by atoms with Gasteiger partial charge in [0.2, 0.25) is 0 Å². The van der Waals surface area contributed by atoms with E-state index >= 15 is 0 Å². The molecule has 0 aromatic carbocycles. The van der Waals surface area contributed by atoms with Gasteiger partial charge >= 0.3 is 0 Å². The minimum atomic E-state index is -4.03. The van der Waals surface area contributed by atoms with Gasteiger partial charge in [0.15, 0.2) is 0 Å². The van der Waals surface area contributed by atoms with E-state index in [0.717, 1.165) is 19.3 Å². The van der Waals surface area contributed by atoms with Gasteiger partial charge in [0, 0.05) is 0 Å². The molecule has 0 spiro atoms. The van der Waals surface area contributed by atoms with E-state index in [0.29, 0.717) is 6.42 Å². The molecule has 110 valence electrons. The van der Waals surface area contributed by atoms with Crippen LogP contribution in [0.3, 0.4) is 0 Å². The maximum absolute atomic E-state index is 10.5. The molecule has 5 heteroatoms. The molecule has 0 saturated heterocycles. The molecule has 0 radical (unpaired) electrons. The van der Waals surface area contributed by atoms with E-state index in [2.05, 4.69) is 6.92 Å². The van der Waals surface area contributed by atoms with E-state index in [4.69, 9.17) is 4.55 Å². The Kier molecular flexibility index (Phi) is 10.7. The second-order valence-corrected chi connectivity index (χ2v) is 6.52. The molecule has 0 aliphatic carbocycles. The van der Waals surface area contributed by atoms with Crippen molar-refractivity contribution in [1.29, 1.82) is 0 Å². The van der Waals surface area contributed by atoms with Gasteiger partial charge in [0.05, 0.1) is 6.10 Å². The summed E-state index contributed by atoms with van der Waals surface area (Å²) in [6, 6.07) is 0. The van der Waals surface area contributed by atoms with Crippen LogP contribution in [0, 0.1) is 0 Å². The van der Waals surface area contributed by atoms with Gasteiger partial charge in [-0.1, -0.05) is 64.7 Å². The van der Waals surface area contributed by atoms with Crippen LogP contribution >= 0.6 is 0 Å². The highest BCUT2D eigenvalue weighted by Gasteiger charge is 2.13. The smallest absolute Gasteiger partial charge is 0.267 e. The minimum absolute atomic E-state index is 0.454. The van der Waals surface area contributed by atoms with Crippen molar-refractivity contribution < 1.29 is 18.1 Å². The van der Waals surface area contributed by atoms with E-state index in [1.807, 2.05) is 0 Å². The minimum Gasteiger partial charge on any atom is -0.392 e. The molecule has 1 atom stereocenters. The van der Waals surface area contributed by atoms with Crippen LogP contribution in [-0.4, -0.2) is 29.9 Å². The van der Waals surface area contributed by atoms with Crippen LogP contribution < -0.4 is 0 Å². The first-order chi connectivity index (χ1) is 8.45. The van der Waals surface area contributed by atoms with E-state index in [9.17, 15) is 13.5 Å². The van der Waals surface area contributed by atoms with Crippen molar-refractivity contribution in [3.8, 4) is 0 Å². The third-order valence-corrected chi connectivity index (χ3v) is 3.85. The molecule has 0 heterocycles.